The van der Waals surface area contributed by atoms with E-state index >= 15 is 0 Å². The monoisotopic (exact) mass is 212 g/mol. The van der Waals surface area contributed by atoms with Gasteiger partial charge in [-0.1, -0.05) is 6.92 Å². The van der Waals surface area contributed by atoms with Gasteiger partial charge in [0.2, 0.25) is 0 Å². The molecule has 0 nitrogen and oxygen atoms in total. The smallest absolute Gasteiger partial charge is 0.0314 e. The lowest BCUT2D eigenvalue weighted by Gasteiger charge is -1.98. The van der Waals surface area contributed by atoms with E-state index in [0.29, 0.717) is 0 Å². The van der Waals surface area contributed by atoms with Crippen molar-refractivity contribution in [2.75, 3.05) is 28.9 Å². The van der Waals surface area contributed by atoms with Crippen LogP contribution in [0.1, 0.15) is 19.8 Å². The molecule has 0 saturated heterocycles. The predicted molar refractivity (Wildman–Crippen MR) is 60.3 cm³/mol. The summed E-state index contributed by atoms with van der Waals surface area (Å²) in [4.78, 5) is 0. The Morgan fingerprint density at radius 1 is 1.00 bits per heavy atom. The molecule has 0 unspecified atom stereocenters. The zero-order valence-electron chi connectivity index (χ0n) is 7.14. The molecular weight excluding hydrogens is 196 g/mol. The Morgan fingerprint density at radius 3 is 2.18 bits per heavy atom. The van der Waals surface area contributed by atoms with Crippen LogP contribution < -0.4 is 0 Å². The van der Waals surface area contributed by atoms with Crippen LogP contribution in [-0.2, 0) is 0 Å². The summed E-state index contributed by atoms with van der Waals surface area (Å²) in [7, 11) is 0. The summed E-state index contributed by atoms with van der Waals surface area (Å²) in [6, 6.07) is 0. The van der Waals surface area contributed by atoms with Crippen molar-refractivity contribution in [2.45, 2.75) is 19.8 Å². The topological polar surface area (TPSA) is 0 Å². The van der Waals surface area contributed by atoms with E-state index in [4.69, 9.17) is 11.6 Å². The Hall–Kier alpha value is 0.990. The van der Waals surface area contributed by atoms with Gasteiger partial charge in [0.1, 0.15) is 0 Å². The van der Waals surface area contributed by atoms with Crippen molar-refractivity contribution >= 4 is 35.1 Å². The molecule has 0 atom stereocenters. The lowest BCUT2D eigenvalue weighted by atomic mass is 10.6. The molecule has 11 heavy (non-hydrogen) atoms. The molecule has 0 heterocycles. The van der Waals surface area contributed by atoms with Gasteiger partial charge in [-0.15, -0.1) is 11.6 Å². The predicted octanol–water partition coefficient (Wildman–Crippen LogP) is 3.49. The standard InChI is InChI=1S/C8H17ClS2/c1-2-5-10-6-3-7-11-8-4-9/h2-8H2,1H3. The van der Waals surface area contributed by atoms with Crippen LogP contribution in [0, 0.1) is 0 Å². The summed E-state index contributed by atoms with van der Waals surface area (Å²) in [6.07, 6.45) is 2.64. The summed E-state index contributed by atoms with van der Waals surface area (Å²) in [5, 5.41) is 0. The Kier molecular flexibility index (Phi) is 12.0. The van der Waals surface area contributed by atoms with Gasteiger partial charge in [-0.25, -0.2) is 0 Å². The van der Waals surface area contributed by atoms with E-state index in [1.807, 2.05) is 11.8 Å². The molecule has 0 fully saturated rings. The van der Waals surface area contributed by atoms with Gasteiger partial charge in [-0.3, -0.25) is 0 Å². The van der Waals surface area contributed by atoms with Crippen molar-refractivity contribution in [3.05, 3.63) is 0 Å². The van der Waals surface area contributed by atoms with Crippen molar-refractivity contribution < 1.29 is 0 Å². The first kappa shape index (κ1) is 12.0. The average molecular weight is 213 g/mol. The largest absolute Gasteiger partial charge is 0.162 e. The highest BCUT2D eigenvalue weighted by Gasteiger charge is 1.89. The van der Waals surface area contributed by atoms with Crippen LogP contribution in [0.15, 0.2) is 0 Å². The average Bonchev–Trinajstić information content (AvgIpc) is 2.03. The fourth-order valence-corrected chi connectivity index (χ4v) is 2.68. The Balaban J connectivity index is 2.69. The van der Waals surface area contributed by atoms with E-state index in [0.717, 1.165) is 11.6 Å². The molecule has 0 aliphatic carbocycles. The highest BCUT2D eigenvalue weighted by Crippen LogP contribution is 2.08. The minimum absolute atomic E-state index is 0.798. The quantitative estimate of drug-likeness (QED) is 0.446. The van der Waals surface area contributed by atoms with Crippen LogP contribution in [0.3, 0.4) is 0 Å². The van der Waals surface area contributed by atoms with Gasteiger partial charge in [0.05, 0.1) is 0 Å². The summed E-state index contributed by atoms with van der Waals surface area (Å²) in [5.41, 5.74) is 0. The third-order valence-corrected chi connectivity index (χ3v) is 3.90. The van der Waals surface area contributed by atoms with Crippen LogP contribution >= 0.6 is 35.1 Å². The number of hydrogen-bond acceptors (Lipinski definition) is 2. The maximum absolute atomic E-state index is 5.54. The summed E-state index contributed by atoms with van der Waals surface area (Å²) < 4.78 is 0. The molecule has 0 spiro atoms. The van der Waals surface area contributed by atoms with E-state index in [1.165, 1.54) is 30.1 Å². The van der Waals surface area contributed by atoms with Gasteiger partial charge in [0.25, 0.3) is 0 Å². The molecule has 3 heteroatoms. The Morgan fingerprint density at radius 2 is 1.64 bits per heavy atom. The van der Waals surface area contributed by atoms with Gasteiger partial charge in [0.15, 0.2) is 0 Å². The molecule has 0 aromatic rings. The number of alkyl halides is 1. The maximum atomic E-state index is 5.54. The first-order valence-electron chi connectivity index (χ1n) is 4.13. The third kappa shape index (κ3) is 11.0. The molecule has 0 aromatic carbocycles. The summed E-state index contributed by atoms with van der Waals surface area (Å²) in [6.45, 7) is 2.23. The van der Waals surface area contributed by atoms with Crippen LogP contribution in [0.25, 0.3) is 0 Å². The Bertz CT molecular complexity index is 61.1. The third-order valence-electron chi connectivity index (χ3n) is 1.15. The SMILES string of the molecule is CCCSCCCSCCCl. The van der Waals surface area contributed by atoms with Crippen molar-refractivity contribution in [1.29, 1.82) is 0 Å². The summed E-state index contributed by atoms with van der Waals surface area (Å²) in [5.74, 6) is 5.83. The molecule has 0 rings (SSSR count). The van der Waals surface area contributed by atoms with Crippen molar-refractivity contribution in [2.24, 2.45) is 0 Å². The van der Waals surface area contributed by atoms with Crippen LogP contribution in [0.2, 0.25) is 0 Å². The van der Waals surface area contributed by atoms with E-state index in [2.05, 4.69) is 18.7 Å². The molecule has 0 N–H and O–H groups in total. The van der Waals surface area contributed by atoms with Crippen molar-refractivity contribution in [3.63, 3.8) is 0 Å². The maximum Gasteiger partial charge on any atom is 0.0314 e. The van der Waals surface area contributed by atoms with Crippen molar-refractivity contribution in [1.82, 2.24) is 0 Å². The molecule has 0 amide bonds. The van der Waals surface area contributed by atoms with Crippen LogP contribution in [0.5, 0.6) is 0 Å². The molecule has 0 bridgehead atoms. The zero-order valence-corrected chi connectivity index (χ0v) is 9.53. The number of halogens is 1. The van der Waals surface area contributed by atoms with Gasteiger partial charge in [-0.2, -0.15) is 23.5 Å². The zero-order chi connectivity index (χ0) is 8.36. The molecule has 0 aliphatic heterocycles. The van der Waals surface area contributed by atoms with E-state index in [9.17, 15) is 0 Å². The van der Waals surface area contributed by atoms with Gasteiger partial charge < -0.3 is 0 Å². The number of thioether (sulfide) groups is 2. The second-order valence-electron chi connectivity index (χ2n) is 2.27. The molecule has 68 valence electrons. The normalized spacial score (nSPS) is 10.4. The minimum Gasteiger partial charge on any atom is -0.162 e. The second-order valence-corrected chi connectivity index (χ2v) is 5.09. The van der Waals surface area contributed by atoms with E-state index in [-0.39, 0.29) is 0 Å². The van der Waals surface area contributed by atoms with Gasteiger partial charge >= 0.3 is 0 Å². The molecule has 0 radical (unpaired) electrons. The van der Waals surface area contributed by atoms with E-state index < -0.39 is 0 Å². The number of rotatable bonds is 8. The molecular formula is C8H17ClS2. The fourth-order valence-electron chi connectivity index (χ4n) is 0.666. The van der Waals surface area contributed by atoms with Crippen LogP contribution in [0.4, 0.5) is 0 Å². The summed E-state index contributed by atoms with van der Waals surface area (Å²) >= 11 is 9.57. The van der Waals surface area contributed by atoms with Gasteiger partial charge in [-0.05, 0) is 30.1 Å². The first-order valence-corrected chi connectivity index (χ1v) is 6.97. The first-order chi connectivity index (χ1) is 5.41. The number of hydrogen-bond donors (Lipinski definition) is 0. The molecule has 0 saturated carbocycles. The lowest BCUT2D eigenvalue weighted by Crippen LogP contribution is -1.87. The molecule has 0 aliphatic rings. The highest BCUT2D eigenvalue weighted by atomic mass is 35.5. The minimum atomic E-state index is 0.798. The van der Waals surface area contributed by atoms with Crippen LogP contribution in [-0.4, -0.2) is 28.9 Å². The van der Waals surface area contributed by atoms with Gasteiger partial charge in [0, 0.05) is 11.6 Å². The second kappa shape index (κ2) is 11.0. The highest BCUT2D eigenvalue weighted by molar-refractivity contribution is 8.00. The fraction of sp³-hybridized carbons (Fsp3) is 1.00. The van der Waals surface area contributed by atoms with Crippen molar-refractivity contribution in [3.8, 4) is 0 Å². The van der Waals surface area contributed by atoms with E-state index in [1.54, 1.807) is 0 Å². The molecule has 0 aromatic heterocycles. The lowest BCUT2D eigenvalue weighted by molar-refractivity contribution is 1.08. The Labute approximate surface area is 83.8 Å².